The standard InChI is InChI=1S/C44H29NS/c1-2-11-31(12-3-1)38-16-6-8-19-42(38)45(34-25-21-32(22-26-34)37-18-10-14-30-13-4-5-15-36(30)37)35-27-23-33-24-28-40-39-17-7-9-20-43(39)46-44(40)41(33)29-35/h1-29H. The molecule has 8 aromatic carbocycles. The minimum atomic E-state index is 1.12. The van der Waals surface area contributed by atoms with Gasteiger partial charge >= 0.3 is 0 Å². The highest BCUT2D eigenvalue weighted by atomic mass is 32.1. The number of hydrogen-bond acceptors (Lipinski definition) is 2. The highest BCUT2D eigenvalue weighted by Gasteiger charge is 2.19. The molecular weight excluding hydrogens is 575 g/mol. The molecule has 0 amide bonds. The van der Waals surface area contributed by atoms with E-state index < -0.39 is 0 Å². The summed E-state index contributed by atoms with van der Waals surface area (Å²) in [6.45, 7) is 0. The fourth-order valence-corrected chi connectivity index (χ4v) is 8.08. The third-order valence-corrected chi connectivity index (χ3v) is 10.3. The summed E-state index contributed by atoms with van der Waals surface area (Å²) in [5, 5.41) is 7.71. The Hall–Kier alpha value is -5.70. The van der Waals surface area contributed by atoms with Gasteiger partial charge in [-0.25, -0.2) is 0 Å². The summed E-state index contributed by atoms with van der Waals surface area (Å²) in [4.78, 5) is 2.42. The first kappa shape index (κ1) is 26.7. The zero-order valence-electron chi connectivity index (χ0n) is 25.1. The Morgan fingerprint density at radius 1 is 0.370 bits per heavy atom. The van der Waals surface area contributed by atoms with Gasteiger partial charge in [0.15, 0.2) is 0 Å². The van der Waals surface area contributed by atoms with Gasteiger partial charge < -0.3 is 4.90 Å². The minimum Gasteiger partial charge on any atom is -0.310 e. The van der Waals surface area contributed by atoms with E-state index in [9.17, 15) is 0 Å². The molecule has 9 rings (SSSR count). The lowest BCUT2D eigenvalue weighted by atomic mass is 9.97. The first-order chi connectivity index (χ1) is 22.8. The fourth-order valence-electron chi connectivity index (χ4n) is 6.85. The topological polar surface area (TPSA) is 3.24 Å². The molecule has 0 saturated carbocycles. The Morgan fingerprint density at radius 3 is 1.89 bits per heavy atom. The van der Waals surface area contributed by atoms with Crippen LogP contribution in [0.3, 0.4) is 0 Å². The van der Waals surface area contributed by atoms with Crippen molar-refractivity contribution >= 4 is 70.1 Å². The monoisotopic (exact) mass is 603 g/mol. The number of rotatable bonds is 5. The molecule has 0 fully saturated rings. The van der Waals surface area contributed by atoms with E-state index >= 15 is 0 Å². The van der Waals surface area contributed by atoms with E-state index in [1.165, 1.54) is 64.0 Å². The van der Waals surface area contributed by atoms with Crippen LogP contribution in [0.2, 0.25) is 0 Å². The zero-order valence-corrected chi connectivity index (χ0v) is 25.9. The number of anilines is 3. The summed E-state index contributed by atoms with van der Waals surface area (Å²) < 4.78 is 2.66. The molecular formula is C44H29NS. The highest BCUT2D eigenvalue weighted by Crippen LogP contribution is 2.44. The summed E-state index contributed by atoms with van der Waals surface area (Å²) in [5.41, 5.74) is 8.26. The Kier molecular flexibility index (Phi) is 6.40. The van der Waals surface area contributed by atoms with Crippen molar-refractivity contribution in [3.8, 4) is 22.3 Å². The SMILES string of the molecule is c1ccc(-c2ccccc2N(c2ccc(-c3cccc4ccccc34)cc2)c2ccc3ccc4c5ccccc5sc4c3c2)cc1. The second-order valence-corrected chi connectivity index (χ2v) is 12.8. The number of benzene rings is 8. The molecule has 1 nitrogen and oxygen atoms in total. The molecule has 0 saturated heterocycles. The van der Waals surface area contributed by atoms with Crippen LogP contribution >= 0.6 is 11.3 Å². The van der Waals surface area contributed by atoms with Gasteiger partial charge in [0.2, 0.25) is 0 Å². The predicted octanol–water partition coefficient (Wildman–Crippen LogP) is 13.2. The van der Waals surface area contributed by atoms with Crippen LogP contribution < -0.4 is 4.90 Å². The molecule has 46 heavy (non-hydrogen) atoms. The van der Waals surface area contributed by atoms with E-state index in [0.717, 1.165) is 17.1 Å². The molecule has 0 aliphatic carbocycles. The quantitative estimate of drug-likeness (QED) is 0.189. The van der Waals surface area contributed by atoms with Gasteiger partial charge in [-0.1, -0.05) is 140 Å². The maximum absolute atomic E-state index is 2.42. The summed E-state index contributed by atoms with van der Waals surface area (Å²) in [7, 11) is 0. The van der Waals surface area contributed by atoms with Crippen LogP contribution in [-0.2, 0) is 0 Å². The lowest BCUT2D eigenvalue weighted by Gasteiger charge is -2.28. The summed E-state index contributed by atoms with van der Waals surface area (Å²) in [6, 6.07) is 63.9. The van der Waals surface area contributed by atoms with Crippen molar-refractivity contribution in [3.63, 3.8) is 0 Å². The molecule has 0 spiro atoms. The molecule has 0 unspecified atom stereocenters. The van der Waals surface area contributed by atoms with Crippen LogP contribution in [0.15, 0.2) is 176 Å². The molecule has 0 aliphatic rings. The van der Waals surface area contributed by atoms with Crippen molar-refractivity contribution in [2.75, 3.05) is 4.90 Å². The van der Waals surface area contributed by atoms with Crippen molar-refractivity contribution in [2.24, 2.45) is 0 Å². The molecule has 0 radical (unpaired) electrons. The number of hydrogen-bond donors (Lipinski definition) is 0. The van der Waals surface area contributed by atoms with Gasteiger partial charge in [-0.05, 0) is 69.2 Å². The molecule has 0 atom stereocenters. The lowest BCUT2D eigenvalue weighted by molar-refractivity contribution is 1.29. The number of thiophene rings is 1. The van der Waals surface area contributed by atoms with Crippen LogP contribution in [0.5, 0.6) is 0 Å². The molecule has 0 bridgehead atoms. The Labute approximate surface area is 272 Å². The Morgan fingerprint density at radius 2 is 1.00 bits per heavy atom. The molecule has 1 heterocycles. The van der Waals surface area contributed by atoms with Crippen LogP contribution in [0.4, 0.5) is 17.1 Å². The summed E-state index contributed by atoms with van der Waals surface area (Å²) in [6.07, 6.45) is 0. The van der Waals surface area contributed by atoms with Crippen molar-refractivity contribution < 1.29 is 0 Å². The highest BCUT2D eigenvalue weighted by molar-refractivity contribution is 7.26. The lowest BCUT2D eigenvalue weighted by Crippen LogP contribution is -2.11. The van der Waals surface area contributed by atoms with Crippen LogP contribution in [-0.4, -0.2) is 0 Å². The van der Waals surface area contributed by atoms with Crippen molar-refractivity contribution in [2.45, 2.75) is 0 Å². The van der Waals surface area contributed by atoms with Gasteiger partial charge in [-0.2, -0.15) is 0 Å². The third-order valence-electron chi connectivity index (χ3n) is 9.06. The number of para-hydroxylation sites is 1. The van der Waals surface area contributed by atoms with Gasteiger partial charge in [0.05, 0.1) is 5.69 Å². The smallest absolute Gasteiger partial charge is 0.0540 e. The predicted molar refractivity (Wildman–Crippen MR) is 200 cm³/mol. The molecule has 216 valence electrons. The second-order valence-electron chi connectivity index (χ2n) is 11.7. The average molecular weight is 604 g/mol. The number of fused-ring (bicyclic) bond motifs is 6. The largest absolute Gasteiger partial charge is 0.310 e. The van der Waals surface area contributed by atoms with Crippen LogP contribution in [0.1, 0.15) is 0 Å². The van der Waals surface area contributed by atoms with E-state index in [1.54, 1.807) is 0 Å². The fraction of sp³-hybridized carbons (Fsp3) is 0. The molecule has 2 heteroatoms. The maximum Gasteiger partial charge on any atom is 0.0540 e. The normalized spacial score (nSPS) is 11.5. The van der Waals surface area contributed by atoms with Gasteiger partial charge in [0.1, 0.15) is 0 Å². The average Bonchev–Trinajstić information content (AvgIpc) is 3.52. The Bertz CT molecular complexity index is 2520. The van der Waals surface area contributed by atoms with E-state index in [-0.39, 0.29) is 0 Å². The van der Waals surface area contributed by atoms with E-state index in [2.05, 4.69) is 181 Å². The van der Waals surface area contributed by atoms with E-state index in [0.29, 0.717) is 0 Å². The van der Waals surface area contributed by atoms with E-state index in [1.807, 2.05) is 11.3 Å². The van der Waals surface area contributed by atoms with Gasteiger partial charge in [-0.3, -0.25) is 0 Å². The van der Waals surface area contributed by atoms with Crippen LogP contribution in [0.25, 0.3) is 64.0 Å². The molecule has 9 aromatic rings. The van der Waals surface area contributed by atoms with E-state index in [4.69, 9.17) is 0 Å². The first-order valence-electron chi connectivity index (χ1n) is 15.7. The van der Waals surface area contributed by atoms with Crippen molar-refractivity contribution in [1.82, 2.24) is 0 Å². The van der Waals surface area contributed by atoms with Gasteiger partial charge in [-0.15, -0.1) is 11.3 Å². The van der Waals surface area contributed by atoms with Crippen LogP contribution in [0, 0.1) is 0 Å². The first-order valence-corrected chi connectivity index (χ1v) is 16.5. The second kappa shape index (κ2) is 11.0. The van der Waals surface area contributed by atoms with Crippen molar-refractivity contribution in [3.05, 3.63) is 176 Å². The van der Waals surface area contributed by atoms with Gasteiger partial charge in [0, 0.05) is 42.5 Å². The van der Waals surface area contributed by atoms with Gasteiger partial charge in [0.25, 0.3) is 0 Å². The maximum atomic E-state index is 2.42. The summed E-state index contributed by atoms with van der Waals surface area (Å²) in [5.74, 6) is 0. The molecule has 0 N–H and O–H groups in total. The Balaban J connectivity index is 1.25. The molecule has 0 aliphatic heterocycles. The summed E-state index contributed by atoms with van der Waals surface area (Å²) >= 11 is 1.89. The number of nitrogens with zero attached hydrogens (tertiary/aromatic N) is 1. The zero-order chi connectivity index (χ0) is 30.5. The third kappa shape index (κ3) is 4.46. The molecule has 1 aromatic heterocycles. The minimum absolute atomic E-state index is 1.12. The van der Waals surface area contributed by atoms with Crippen molar-refractivity contribution in [1.29, 1.82) is 0 Å².